The summed E-state index contributed by atoms with van der Waals surface area (Å²) < 4.78 is 1.11. The van der Waals surface area contributed by atoms with Crippen molar-refractivity contribution < 1.29 is 0 Å². The Hall–Kier alpha value is -0.600. The van der Waals surface area contributed by atoms with Crippen molar-refractivity contribution in [3.05, 3.63) is 46.5 Å². The first-order valence-electron chi connectivity index (χ1n) is 5.70. The molecular formula is C14H20BrN. The molecule has 0 heterocycles. The molecule has 0 amide bonds. The van der Waals surface area contributed by atoms with Gasteiger partial charge in [0.2, 0.25) is 0 Å². The molecule has 1 aromatic carbocycles. The highest BCUT2D eigenvalue weighted by molar-refractivity contribution is 9.10. The first-order valence-corrected chi connectivity index (χ1v) is 6.49. The summed E-state index contributed by atoms with van der Waals surface area (Å²) in [5, 5.41) is 0. The smallest absolute Gasteiger partial charge is 0.0175 e. The first-order chi connectivity index (χ1) is 7.56. The number of benzene rings is 1. The number of nitrogens with two attached hydrogens (primary N) is 1. The minimum absolute atomic E-state index is 0.387. The second-order valence-electron chi connectivity index (χ2n) is 4.41. The largest absolute Gasteiger partial charge is 0.330 e. The zero-order valence-electron chi connectivity index (χ0n) is 10.0. The van der Waals surface area contributed by atoms with Gasteiger partial charge in [-0.05, 0) is 36.6 Å². The van der Waals surface area contributed by atoms with Crippen LogP contribution in [-0.4, -0.2) is 6.54 Å². The molecule has 0 aliphatic heterocycles. The van der Waals surface area contributed by atoms with Gasteiger partial charge in [0, 0.05) is 10.4 Å². The maximum atomic E-state index is 5.68. The number of hydrogen-bond acceptors (Lipinski definition) is 1. The maximum Gasteiger partial charge on any atom is 0.0175 e. The van der Waals surface area contributed by atoms with Crippen LogP contribution in [0.5, 0.6) is 0 Å². The van der Waals surface area contributed by atoms with Gasteiger partial charge >= 0.3 is 0 Å². The van der Waals surface area contributed by atoms with Gasteiger partial charge in [-0.25, -0.2) is 0 Å². The molecule has 1 rings (SSSR count). The zero-order chi connectivity index (χ0) is 12.1. The number of allylic oxidation sites excluding steroid dienone is 1. The Morgan fingerprint density at radius 1 is 1.31 bits per heavy atom. The van der Waals surface area contributed by atoms with Crippen molar-refractivity contribution in [2.45, 2.75) is 26.2 Å². The summed E-state index contributed by atoms with van der Waals surface area (Å²) in [6.45, 7) is 9.28. The van der Waals surface area contributed by atoms with Crippen LogP contribution in [0.1, 0.15) is 31.7 Å². The SMILES string of the molecule is C=C(C(C)C)C(CCN)c1ccc(Br)cc1. The van der Waals surface area contributed by atoms with Gasteiger partial charge in [0.1, 0.15) is 0 Å². The van der Waals surface area contributed by atoms with Crippen LogP contribution in [0.25, 0.3) is 0 Å². The Morgan fingerprint density at radius 3 is 2.31 bits per heavy atom. The molecule has 2 N–H and O–H groups in total. The lowest BCUT2D eigenvalue weighted by Gasteiger charge is -2.22. The van der Waals surface area contributed by atoms with Crippen molar-refractivity contribution in [1.29, 1.82) is 0 Å². The third-order valence-electron chi connectivity index (χ3n) is 2.92. The van der Waals surface area contributed by atoms with Crippen molar-refractivity contribution in [2.75, 3.05) is 6.54 Å². The number of halogens is 1. The lowest BCUT2D eigenvalue weighted by atomic mass is 9.84. The molecule has 1 atom stereocenters. The maximum absolute atomic E-state index is 5.68. The van der Waals surface area contributed by atoms with E-state index in [1.165, 1.54) is 11.1 Å². The molecule has 1 nitrogen and oxygen atoms in total. The van der Waals surface area contributed by atoms with Crippen LogP contribution in [0.3, 0.4) is 0 Å². The van der Waals surface area contributed by atoms with E-state index in [2.05, 4.69) is 60.6 Å². The second-order valence-corrected chi connectivity index (χ2v) is 5.33. The quantitative estimate of drug-likeness (QED) is 0.809. The van der Waals surface area contributed by atoms with E-state index >= 15 is 0 Å². The zero-order valence-corrected chi connectivity index (χ0v) is 11.6. The van der Waals surface area contributed by atoms with Crippen LogP contribution in [-0.2, 0) is 0 Å². The lowest BCUT2D eigenvalue weighted by molar-refractivity contribution is 0.621. The Labute approximate surface area is 107 Å². The molecule has 0 aliphatic carbocycles. The molecule has 0 spiro atoms. The van der Waals surface area contributed by atoms with Crippen molar-refractivity contribution in [2.24, 2.45) is 11.7 Å². The molecule has 0 aromatic heterocycles. The summed E-state index contributed by atoms with van der Waals surface area (Å²) in [6.07, 6.45) is 0.971. The molecular weight excluding hydrogens is 262 g/mol. The molecule has 0 bridgehead atoms. The fourth-order valence-corrected chi connectivity index (χ4v) is 2.09. The van der Waals surface area contributed by atoms with Gasteiger partial charge in [-0.15, -0.1) is 0 Å². The minimum atomic E-state index is 0.387. The van der Waals surface area contributed by atoms with Gasteiger partial charge in [0.05, 0.1) is 0 Å². The molecule has 1 aromatic rings. The molecule has 0 radical (unpaired) electrons. The Bertz CT molecular complexity index is 340. The topological polar surface area (TPSA) is 26.0 Å². The highest BCUT2D eigenvalue weighted by Crippen LogP contribution is 2.31. The molecule has 0 saturated heterocycles. The molecule has 0 aliphatic rings. The van der Waals surface area contributed by atoms with Gasteiger partial charge in [0.25, 0.3) is 0 Å². The Balaban J connectivity index is 2.93. The van der Waals surface area contributed by atoms with Gasteiger partial charge in [-0.3, -0.25) is 0 Å². The first kappa shape index (κ1) is 13.5. The predicted molar refractivity (Wildman–Crippen MR) is 74.5 cm³/mol. The molecule has 0 saturated carbocycles. The van der Waals surface area contributed by atoms with E-state index in [1.807, 2.05) is 0 Å². The summed E-state index contributed by atoms with van der Waals surface area (Å²) in [6, 6.07) is 8.45. The Kier molecular flexibility index (Phi) is 5.23. The normalized spacial score (nSPS) is 12.8. The minimum Gasteiger partial charge on any atom is -0.330 e. The van der Waals surface area contributed by atoms with Crippen LogP contribution in [0.2, 0.25) is 0 Å². The molecule has 2 heteroatoms. The molecule has 88 valence electrons. The highest BCUT2D eigenvalue weighted by Gasteiger charge is 2.16. The summed E-state index contributed by atoms with van der Waals surface area (Å²) in [4.78, 5) is 0. The summed E-state index contributed by atoms with van der Waals surface area (Å²) >= 11 is 3.45. The van der Waals surface area contributed by atoms with Crippen molar-refractivity contribution >= 4 is 15.9 Å². The van der Waals surface area contributed by atoms with Gasteiger partial charge in [-0.2, -0.15) is 0 Å². The van der Waals surface area contributed by atoms with E-state index in [0.717, 1.165) is 10.9 Å². The average Bonchev–Trinajstić information content (AvgIpc) is 2.26. The fourth-order valence-electron chi connectivity index (χ4n) is 1.83. The van der Waals surface area contributed by atoms with E-state index in [-0.39, 0.29) is 0 Å². The third-order valence-corrected chi connectivity index (χ3v) is 3.45. The number of rotatable bonds is 5. The van der Waals surface area contributed by atoms with Crippen LogP contribution in [0, 0.1) is 5.92 Å². The van der Waals surface area contributed by atoms with Gasteiger partial charge in [-0.1, -0.05) is 54.1 Å². The highest BCUT2D eigenvalue weighted by atomic mass is 79.9. The molecule has 0 fully saturated rings. The Morgan fingerprint density at radius 2 is 1.88 bits per heavy atom. The monoisotopic (exact) mass is 281 g/mol. The third kappa shape index (κ3) is 3.46. The van der Waals surface area contributed by atoms with E-state index in [9.17, 15) is 0 Å². The average molecular weight is 282 g/mol. The molecule has 16 heavy (non-hydrogen) atoms. The van der Waals surface area contributed by atoms with Crippen LogP contribution >= 0.6 is 15.9 Å². The molecule has 1 unspecified atom stereocenters. The van der Waals surface area contributed by atoms with E-state index in [4.69, 9.17) is 5.73 Å². The van der Waals surface area contributed by atoms with Crippen molar-refractivity contribution in [3.63, 3.8) is 0 Å². The van der Waals surface area contributed by atoms with Crippen molar-refractivity contribution in [3.8, 4) is 0 Å². The standard InChI is InChI=1S/C14H20BrN/c1-10(2)11(3)14(8-9-16)12-4-6-13(15)7-5-12/h4-7,10,14H,3,8-9,16H2,1-2H3. The second kappa shape index (κ2) is 6.21. The van der Waals surface area contributed by atoms with Gasteiger partial charge in [0.15, 0.2) is 0 Å². The summed E-state index contributed by atoms with van der Waals surface area (Å²) in [7, 11) is 0. The van der Waals surface area contributed by atoms with Crippen LogP contribution < -0.4 is 5.73 Å². The van der Waals surface area contributed by atoms with Gasteiger partial charge < -0.3 is 5.73 Å². The fraction of sp³-hybridized carbons (Fsp3) is 0.429. The van der Waals surface area contributed by atoms with Crippen LogP contribution in [0.4, 0.5) is 0 Å². The summed E-state index contributed by atoms with van der Waals surface area (Å²) in [5.41, 5.74) is 8.27. The van der Waals surface area contributed by atoms with Crippen molar-refractivity contribution in [1.82, 2.24) is 0 Å². The van der Waals surface area contributed by atoms with E-state index < -0.39 is 0 Å². The predicted octanol–water partition coefficient (Wildman–Crippen LogP) is 4.09. The lowest BCUT2D eigenvalue weighted by Crippen LogP contribution is -2.12. The van der Waals surface area contributed by atoms with Crippen LogP contribution in [0.15, 0.2) is 40.9 Å². The summed E-state index contributed by atoms with van der Waals surface area (Å²) in [5.74, 6) is 0.887. The number of hydrogen-bond donors (Lipinski definition) is 1. The van der Waals surface area contributed by atoms with E-state index in [1.54, 1.807) is 0 Å². The van der Waals surface area contributed by atoms with E-state index in [0.29, 0.717) is 18.4 Å².